The molecule has 3 aromatic rings. The summed E-state index contributed by atoms with van der Waals surface area (Å²) in [6.07, 6.45) is 3.92. The number of aromatic nitrogens is 1. The van der Waals surface area contributed by atoms with E-state index in [4.69, 9.17) is 4.74 Å². The first-order valence-electron chi connectivity index (χ1n) is 9.11. The Labute approximate surface area is 147 Å². The van der Waals surface area contributed by atoms with Crippen molar-refractivity contribution in [3.8, 4) is 5.75 Å². The number of pyridine rings is 1. The SMILES string of the molecule is Cn1c2ccccc2c(=O)c2cccc(OCCN3CCCCC3)c21. The predicted molar refractivity (Wildman–Crippen MR) is 102 cm³/mol. The minimum Gasteiger partial charge on any atom is -0.490 e. The lowest BCUT2D eigenvalue weighted by Gasteiger charge is -2.26. The van der Waals surface area contributed by atoms with Crippen molar-refractivity contribution in [1.29, 1.82) is 0 Å². The molecule has 1 aliphatic rings. The number of benzene rings is 2. The first-order valence-corrected chi connectivity index (χ1v) is 9.11. The summed E-state index contributed by atoms with van der Waals surface area (Å²) in [5.74, 6) is 0.792. The van der Waals surface area contributed by atoms with E-state index in [1.54, 1.807) is 0 Å². The van der Waals surface area contributed by atoms with E-state index in [1.807, 2.05) is 49.5 Å². The number of aryl methyl sites for hydroxylation is 1. The first-order chi connectivity index (χ1) is 12.3. The molecule has 1 aliphatic heterocycles. The molecule has 0 spiro atoms. The summed E-state index contributed by atoms with van der Waals surface area (Å²) in [7, 11) is 2.00. The molecule has 130 valence electrons. The molecule has 2 heterocycles. The van der Waals surface area contributed by atoms with Crippen molar-refractivity contribution >= 4 is 21.8 Å². The largest absolute Gasteiger partial charge is 0.490 e. The van der Waals surface area contributed by atoms with Crippen LogP contribution in [-0.4, -0.2) is 35.7 Å². The number of likely N-dealkylation sites (tertiary alicyclic amines) is 1. The smallest absolute Gasteiger partial charge is 0.197 e. The fourth-order valence-corrected chi connectivity index (χ4v) is 3.86. The topological polar surface area (TPSA) is 34.5 Å². The fraction of sp³-hybridized carbons (Fsp3) is 0.381. The molecule has 0 atom stereocenters. The third-order valence-corrected chi connectivity index (χ3v) is 5.20. The lowest BCUT2D eigenvalue weighted by Crippen LogP contribution is -2.33. The van der Waals surface area contributed by atoms with E-state index in [2.05, 4.69) is 9.47 Å². The molecule has 0 aliphatic carbocycles. The van der Waals surface area contributed by atoms with Crippen molar-refractivity contribution in [2.45, 2.75) is 19.3 Å². The Bertz CT molecular complexity index is 955. The molecule has 0 amide bonds. The standard InChI is InChI=1S/C21H24N2O2/c1-22-18-10-4-3-8-16(18)21(24)17-9-7-11-19(20(17)22)25-15-14-23-12-5-2-6-13-23/h3-4,7-11H,2,5-6,12-15H2,1H3. The third kappa shape index (κ3) is 3.02. The average molecular weight is 336 g/mol. The highest BCUT2D eigenvalue weighted by atomic mass is 16.5. The van der Waals surface area contributed by atoms with E-state index >= 15 is 0 Å². The Hall–Kier alpha value is -2.33. The fourth-order valence-electron chi connectivity index (χ4n) is 3.86. The van der Waals surface area contributed by atoms with Gasteiger partial charge in [-0.2, -0.15) is 0 Å². The molecule has 4 rings (SSSR count). The van der Waals surface area contributed by atoms with Gasteiger partial charge in [-0.05, 0) is 50.2 Å². The van der Waals surface area contributed by atoms with Crippen molar-refractivity contribution in [3.63, 3.8) is 0 Å². The number of hydrogen-bond acceptors (Lipinski definition) is 3. The van der Waals surface area contributed by atoms with Crippen LogP contribution in [0.1, 0.15) is 19.3 Å². The Kier molecular flexibility index (Phi) is 4.45. The molecule has 0 N–H and O–H groups in total. The Morgan fingerprint density at radius 1 is 0.960 bits per heavy atom. The van der Waals surface area contributed by atoms with Crippen LogP contribution in [0.3, 0.4) is 0 Å². The summed E-state index contributed by atoms with van der Waals surface area (Å²) >= 11 is 0. The Morgan fingerprint density at radius 2 is 1.72 bits per heavy atom. The van der Waals surface area contributed by atoms with Crippen LogP contribution in [0.2, 0.25) is 0 Å². The molecule has 2 aromatic carbocycles. The zero-order valence-electron chi connectivity index (χ0n) is 14.7. The van der Waals surface area contributed by atoms with Gasteiger partial charge in [0.15, 0.2) is 5.43 Å². The highest BCUT2D eigenvalue weighted by Crippen LogP contribution is 2.26. The lowest BCUT2D eigenvalue weighted by molar-refractivity contribution is 0.184. The van der Waals surface area contributed by atoms with Crippen LogP contribution in [0.5, 0.6) is 5.75 Å². The van der Waals surface area contributed by atoms with Crippen LogP contribution in [0.25, 0.3) is 21.8 Å². The van der Waals surface area contributed by atoms with Gasteiger partial charge in [-0.15, -0.1) is 0 Å². The predicted octanol–water partition coefficient (Wildman–Crippen LogP) is 3.56. The first kappa shape index (κ1) is 16.2. The second kappa shape index (κ2) is 6.89. The zero-order valence-corrected chi connectivity index (χ0v) is 14.7. The molecule has 0 saturated carbocycles. The third-order valence-electron chi connectivity index (χ3n) is 5.20. The van der Waals surface area contributed by atoms with Gasteiger partial charge in [-0.1, -0.05) is 24.6 Å². The summed E-state index contributed by atoms with van der Waals surface area (Å²) in [4.78, 5) is 15.3. The number of ether oxygens (including phenoxy) is 1. The molecule has 0 bridgehead atoms. The van der Waals surface area contributed by atoms with Crippen LogP contribution >= 0.6 is 0 Å². The van der Waals surface area contributed by atoms with Gasteiger partial charge < -0.3 is 9.30 Å². The van der Waals surface area contributed by atoms with Crippen molar-refractivity contribution in [1.82, 2.24) is 9.47 Å². The molecule has 0 radical (unpaired) electrons. The van der Waals surface area contributed by atoms with Crippen molar-refractivity contribution in [2.75, 3.05) is 26.2 Å². The molecule has 0 unspecified atom stereocenters. The molecule has 1 aromatic heterocycles. The molecular weight excluding hydrogens is 312 g/mol. The van der Waals surface area contributed by atoms with Gasteiger partial charge in [0.2, 0.25) is 0 Å². The van der Waals surface area contributed by atoms with Gasteiger partial charge in [-0.25, -0.2) is 0 Å². The Morgan fingerprint density at radius 3 is 2.56 bits per heavy atom. The summed E-state index contributed by atoms with van der Waals surface area (Å²) in [6, 6.07) is 13.5. The molecule has 25 heavy (non-hydrogen) atoms. The maximum Gasteiger partial charge on any atom is 0.197 e. The zero-order chi connectivity index (χ0) is 17.2. The maximum atomic E-state index is 12.8. The van der Waals surface area contributed by atoms with Gasteiger partial charge in [-0.3, -0.25) is 9.69 Å². The van der Waals surface area contributed by atoms with Crippen molar-refractivity contribution < 1.29 is 4.74 Å². The van der Waals surface area contributed by atoms with E-state index in [0.717, 1.165) is 34.1 Å². The number of para-hydroxylation sites is 2. The van der Waals surface area contributed by atoms with E-state index in [-0.39, 0.29) is 5.43 Å². The molecule has 1 saturated heterocycles. The van der Waals surface area contributed by atoms with Crippen LogP contribution in [0, 0.1) is 0 Å². The highest BCUT2D eigenvalue weighted by Gasteiger charge is 2.13. The molecular formula is C21H24N2O2. The van der Waals surface area contributed by atoms with Gasteiger partial charge in [0, 0.05) is 19.0 Å². The number of piperidine rings is 1. The van der Waals surface area contributed by atoms with E-state index in [1.165, 1.54) is 32.4 Å². The summed E-state index contributed by atoms with van der Waals surface area (Å²) in [5.41, 5.74) is 1.89. The number of nitrogens with zero attached hydrogens (tertiary/aromatic N) is 2. The van der Waals surface area contributed by atoms with Crippen molar-refractivity contribution in [2.24, 2.45) is 7.05 Å². The highest BCUT2D eigenvalue weighted by molar-refractivity contribution is 5.96. The molecule has 1 fully saturated rings. The normalized spacial score (nSPS) is 15.7. The summed E-state index contributed by atoms with van der Waals surface area (Å²) < 4.78 is 8.18. The molecule has 4 nitrogen and oxygen atoms in total. The minimum atomic E-state index is 0.0742. The van der Waals surface area contributed by atoms with Crippen molar-refractivity contribution in [3.05, 3.63) is 52.7 Å². The van der Waals surface area contributed by atoms with Gasteiger partial charge in [0.1, 0.15) is 12.4 Å². The summed E-state index contributed by atoms with van der Waals surface area (Å²) in [6.45, 7) is 3.93. The average Bonchev–Trinajstić information content (AvgIpc) is 2.67. The quantitative estimate of drug-likeness (QED) is 0.683. The summed E-state index contributed by atoms with van der Waals surface area (Å²) in [5, 5.41) is 1.47. The van der Waals surface area contributed by atoms with Crippen LogP contribution in [-0.2, 0) is 7.05 Å². The van der Waals surface area contributed by atoms with E-state index in [0.29, 0.717) is 6.61 Å². The molecule has 4 heteroatoms. The van der Waals surface area contributed by atoms with Crippen LogP contribution in [0.4, 0.5) is 0 Å². The minimum absolute atomic E-state index is 0.0742. The van der Waals surface area contributed by atoms with Gasteiger partial charge in [0.25, 0.3) is 0 Å². The monoisotopic (exact) mass is 336 g/mol. The van der Waals surface area contributed by atoms with Crippen LogP contribution in [0.15, 0.2) is 47.3 Å². The van der Waals surface area contributed by atoms with Crippen LogP contribution < -0.4 is 10.2 Å². The second-order valence-electron chi connectivity index (χ2n) is 6.81. The second-order valence-corrected chi connectivity index (χ2v) is 6.81. The Balaban J connectivity index is 1.68. The number of hydrogen-bond donors (Lipinski definition) is 0. The van der Waals surface area contributed by atoms with E-state index in [9.17, 15) is 4.79 Å². The van der Waals surface area contributed by atoms with Gasteiger partial charge in [0.05, 0.1) is 16.4 Å². The number of rotatable bonds is 4. The number of fused-ring (bicyclic) bond motifs is 2. The van der Waals surface area contributed by atoms with E-state index < -0.39 is 0 Å². The van der Waals surface area contributed by atoms with Gasteiger partial charge >= 0.3 is 0 Å². The lowest BCUT2D eigenvalue weighted by atomic mass is 10.1. The maximum absolute atomic E-state index is 12.8.